The molecule has 2 heterocycles. The van der Waals surface area contributed by atoms with Gasteiger partial charge >= 0.3 is 0 Å². The van der Waals surface area contributed by atoms with E-state index in [-0.39, 0.29) is 0 Å². The lowest BCUT2D eigenvalue weighted by molar-refractivity contribution is 0.506. The van der Waals surface area contributed by atoms with Crippen LogP contribution in [0.4, 0.5) is 0 Å². The van der Waals surface area contributed by atoms with Crippen LogP contribution in [0.15, 0.2) is 18.5 Å². The summed E-state index contributed by atoms with van der Waals surface area (Å²) in [6, 6.07) is 1.82. The van der Waals surface area contributed by atoms with Gasteiger partial charge in [-0.2, -0.15) is 0 Å². The normalized spacial score (nSPS) is 13.1. The Kier molecular flexibility index (Phi) is 3.06. The molecule has 0 radical (unpaired) electrons. The van der Waals surface area contributed by atoms with Crippen LogP contribution in [0.5, 0.6) is 0 Å². The Morgan fingerprint density at radius 3 is 2.78 bits per heavy atom. The predicted molar refractivity (Wildman–Crippen MR) is 73.8 cm³/mol. The second-order valence-corrected chi connectivity index (χ2v) is 7.98. The number of fused-ring (bicyclic) bond motifs is 1. The van der Waals surface area contributed by atoms with Crippen LogP contribution in [0.1, 0.15) is 13.8 Å². The molecular weight excluding hydrogens is 270 g/mol. The summed E-state index contributed by atoms with van der Waals surface area (Å²) in [5.41, 5.74) is 1.68. The molecule has 0 atom stereocenters. The van der Waals surface area contributed by atoms with E-state index < -0.39 is 14.6 Å². The zero-order valence-corrected chi connectivity index (χ0v) is 12.1. The summed E-state index contributed by atoms with van der Waals surface area (Å²) in [6.45, 7) is 3.71. The van der Waals surface area contributed by atoms with Crippen molar-refractivity contribution in [3.63, 3.8) is 0 Å². The van der Waals surface area contributed by atoms with Crippen LogP contribution in [0.3, 0.4) is 0 Å². The lowest BCUT2D eigenvalue weighted by Gasteiger charge is -2.23. The van der Waals surface area contributed by atoms with Gasteiger partial charge < -0.3 is 9.55 Å². The first kappa shape index (κ1) is 13.2. The number of nitrogens with one attached hydrogen (secondary N) is 1. The summed E-state index contributed by atoms with van der Waals surface area (Å²) in [6.07, 6.45) is 4.58. The summed E-state index contributed by atoms with van der Waals surface area (Å²) >= 11 is 5.23. The fourth-order valence-electron chi connectivity index (χ4n) is 1.67. The van der Waals surface area contributed by atoms with Gasteiger partial charge in [-0.3, -0.25) is 4.98 Å². The van der Waals surface area contributed by atoms with Gasteiger partial charge in [0.15, 0.2) is 14.6 Å². The van der Waals surface area contributed by atoms with E-state index in [4.69, 9.17) is 12.2 Å². The molecule has 98 valence electrons. The van der Waals surface area contributed by atoms with Crippen LogP contribution in [-0.4, -0.2) is 34.0 Å². The maximum absolute atomic E-state index is 11.8. The lowest BCUT2D eigenvalue weighted by atomic mass is 10.2. The van der Waals surface area contributed by atoms with Crippen molar-refractivity contribution in [3.05, 3.63) is 23.2 Å². The highest BCUT2D eigenvalue weighted by molar-refractivity contribution is 7.92. The monoisotopic (exact) mass is 285 g/mol. The molecule has 2 aromatic rings. The fourth-order valence-corrected chi connectivity index (χ4v) is 2.30. The maximum Gasteiger partial charge on any atom is 0.178 e. The molecule has 0 amide bonds. The van der Waals surface area contributed by atoms with Crippen LogP contribution in [0.2, 0.25) is 0 Å². The average Bonchev–Trinajstić information content (AvgIpc) is 2.54. The van der Waals surface area contributed by atoms with Crippen LogP contribution < -0.4 is 0 Å². The van der Waals surface area contributed by atoms with Crippen molar-refractivity contribution in [1.82, 2.24) is 14.5 Å². The first-order valence-corrected chi connectivity index (χ1v) is 7.74. The van der Waals surface area contributed by atoms with Crippen molar-refractivity contribution in [2.75, 3.05) is 6.26 Å². The number of imidazole rings is 1. The molecule has 0 saturated carbocycles. The molecule has 0 aliphatic heterocycles. The number of sulfone groups is 1. The van der Waals surface area contributed by atoms with Gasteiger partial charge in [0.25, 0.3) is 0 Å². The molecule has 0 aliphatic rings. The molecule has 0 aliphatic carbocycles. The van der Waals surface area contributed by atoms with E-state index in [1.807, 2.05) is 6.07 Å². The molecule has 0 saturated heterocycles. The van der Waals surface area contributed by atoms with Gasteiger partial charge in [0.05, 0.1) is 22.0 Å². The predicted octanol–water partition coefficient (Wildman–Crippen LogP) is 1.92. The third-order valence-corrected chi connectivity index (χ3v) is 5.58. The minimum Gasteiger partial charge on any atom is -0.329 e. The molecule has 2 rings (SSSR count). The summed E-state index contributed by atoms with van der Waals surface area (Å²) in [5.74, 6) is 0. The number of hydrogen-bond donors (Lipinski definition) is 1. The Labute approximate surface area is 111 Å². The summed E-state index contributed by atoms with van der Waals surface area (Å²) in [4.78, 5) is 7.02. The third-order valence-electron chi connectivity index (χ3n) is 3.12. The Balaban J connectivity index is 2.57. The molecule has 0 aromatic carbocycles. The Morgan fingerprint density at radius 2 is 2.17 bits per heavy atom. The van der Waals surface area contributed by atoms with Crippen molar-refractivity contribution in [1.29, 1.82) is 0 Å². The number of pyridine rings is 1. The molecule has 18 heavy (non-hydrogen) atoms. The van der Waals surface area contributed by atoms with Gasteiger partial charge in [-0.15, -0.1) is 0 Å². The highest BCUT2D eigenvalue weighted by Gasteiger charge is 2.31. The molecule has 5 nitrogen and oxygen atoms in total. The zero-order chi connectivity index (χ0) is 13.6. The molecule has 0 fully saturated rings. The van der Waals surface area contributed by atoms with Crippen LogP contribution in [0, 0.1) is 4.77 Å². The fraction of sp³-hybridized carbons (Fsp3) is 0.455. The third kappa shape index (κ3) is 2.20. The van der Waals surface area contributed by atoms with E-state index in [1.165, 1.54) is 6.26 Å². The highest BCUT2D eigenvalue weighted by atomic mass is 32.2. The summed E-state index contributed by atoms with van der Waals surface area (Å²) in [7, 11) is -3.16. The molecule has 0 spiro atoms. The largest absolute Gasteiger partial charge is 0.329 e. The van der Waals surface area contributed by atoms with Gasteiger partial charge in [-0.25, -0.2) is 8.42 Å². The van der Waals surface area contributed by atoms with Gasteiger partial charge in [0.1, 0.15) is 0 Å². The average molecular weight is 285 g/mol. The highest BCUT2D eigenvalue weighted by Crippen LogP contribution is 2.21. The molecular formula is C11H15N3O2S2. The topological polar surface area (TPSA) is 67.8 Å². The zero-order valence-electron chi connectivity index (χ0n) is 10.5. The maximum atomic E-state index is 11.8. The standard InChI is InChI=1S/C11H15N3O2S2/c1-11(2,18(3,15)16)7-14-9-4-5-12-6-8(9)13-10(14)17/h4-6H,7H2,1-3H3,(H,13,17). The van der Waals surface area contributed by atoms with Crippen molar-refractivity contribution in [2.45, 2.75) is 25.1 Å². The van der Waals surface area contributed by atoms with Crippen molar-refractivity contribution >= 4 is 33.1 Å². The van der Waals surface area contributed by atoms with E-state index in [0.29, 0.717) is 11.3 Å². The number of nitrogens with zero attached hydrogens (tertiary/aromatic N) is 2. The number of H-pyrrole nitrogens is 1. The van der Waals surface area contributed by atoms with E-state index in [1.54, 1.807) is 30.8 Å². The number of hydrogen-bond acceptors (Lipinski definition) is 4. The second kappa shape index (κ2) is 4.17. The number of aromatic amines is 1. The molecule has 0 bridgehead atoms. The van der Waals surface area contributed by atoms with E-state index in [0.717, 1.165) is 11.0 Å². The van der Waals surface area contributed by atoms with E-state index in [2.05, 4.69) is 9.97 Å². The van der Waals surface area contributed by atoms with Gasteiger partial charge in [-0.1, -0.05) is 0 Å². The molecule has 2 aromatic heterocycles. The Hall–Kier alpha value is -1.21. The first-order chi connectivity index (χ1) is 8.22. The van der Waals surface area contributed by atoms with Gasteiger partial charge in [0.2, 0.25) is 0 Å². The molecule has 7 heteroatoms. The van der Waals surface area contributed by atoms with Crippen LogP contribution >= 0.6 is 12.2 Å². The lowest BCUT2D eigenvalue weighted by Crippen LogP contribution is -2.35. The van der Waals surface area contributed by atoms with Crippen LogP contribution in [-0.2, 0) is 16.4 Å². The SMILES string of the molecule is CC(C)(Cn1c(=S)[nH]c2cnccc21)S(C)(=O)=O. The molecule has 0 unspecified atom stereocenters. The Morgan fingerprint density at radius 1 is 1.50 bits per heavy atom. The van der Waals surface area contributed by atoms with Crippen molar-refractivity contribution < 1.29 is 8.42 Å². The van der Waals surface area contributed by atoms with Crippen molar-refractivity contribution in [3.8, 4) is 0 Å². The smallest absolute Gasteiger partial charge is 0.178 e. The second-order valence-electron chi connectivity index (χ2n) is 4.94. The van der Waals surface area contributed by atoms with Gasteiger partial charge in [-0.05, 0) is 32.1 Å². The number of aromatic nitrogens is 3. The van der Waals surface area contributed by atoms with E-state index >= 15 is 0 Å². The number of rotatable bonds is 3. The summed E-state index contributed by atoms with van der Waals surface area (Å²) < 4.78 is 25.0. The summed E-state index contributed by atoms with van der Waals surface area (Å²) in [5, 5.41) is 0. The van der Waals surface area contributed by atoms with Crippen molar-refractivity contribution in [2.24, 2.45) is 0 Å². The van der Waals surface area contributed by atoms with Gasteiger partial charge in [0, 0.05) is 19.0 Å². The van der Waals surface area contributed by atoms with Crippen LogP contribution in [0.25, 0.3) is 11.0 Å². The minimum absolute atomic E-state index is 0.314. The Bertz CT molecular complexity index is 741. The first-order valence-electron chi connectivity index (χ1n) is 5.44. The minimum atomic E-state index is -3.16. The molecule has 1 N–H and O–H groups in total. The quantitative estimate of drug-likeness (QED) is 0.875. The van der Waals surface area contributed by atoms with E-state index in [9.17, 15) is 8.42 Å².